The third kappa shape index (κ3) is 3.01. The zero-order chi connectivity index (χ0) is 10.7. The van der Waals surface area contributed by atoms with Gasteiger partial charge < -0.3 is 4.52 Å². The van der Waals surface area contributed by atoms with E-state index >= 15 is 0 Å². The lowest BCUT2D eigenvalue weighted by molar-refractivity contribution is 0.391. The minimum absolute atomic E-state index is 0.759. The van der Waals surface area contributed by atoms with Crippen LogP contribution in [0.5, 0.6) is 0 Å². The van der Waals surface area contributed by atoms with Crippen LogP contribution in [0.25, 0.3) is 0 Å². The van der Waals surface area contributed by atoms with Gasteiger partial charge >= 0.3 is 0 Å². The highest BCUT2D eigenvalue weighted by Gasteiger charge is 2.01. The van der Waals surface area contributed by atoms with Crippen LogP contribution in [0, 0.1) is 6.92 Å². The molecule has 15 heavy (non-hydrogen) atoms. The molecule has 2 rings (SSSR count). The summed E-state index contributed by atoms with van der Waals surface area (Å²) in [5, 5.41) is 4.59. The summed E-state index contributed by atoms with van der Waals surface area (Å²) >= 11 is 7.50. The fourth-order valence-corrected chi connectivity index (χ4v) is 2.07. The summed E-state index contributed by atoms with van der Waals surface area (Å²) in [6.45, 7) is 1.92. The summed E-state index contributed by atoms with van der Waals surface area (Å²) in [4.78, 5) is 1.17. The first-order valence-corrected chi connectivity index (χ1v) is 5.91. The van der Waals surface area contributed by atoms with Crippen molar-refractivity contribution in [2.45, 2.75) is 17.6 Å². The predicted octanol–water partition coefficient (Wildman–Crippen LogP) is 3.93. The van der Waals surface area contributed by atoms with E-state index < -0.39 is 0 Å². The molecule has 1 heterocycles. The average Bonchev–Trinajstić information content (AvgIpc) is 2.64. The standard InChI is InChI=1S/C11H10ClNOS/c1-8-6-10(14-13-8)7-15-11-4-2-9(12)3-5-11/h2-6H,7H2,1H3. The van der Waals surface area contributed by atoms with Crippen LogP contribution in [-0.2, 0) is 5.75 Å². The van der Waals surface area contributed by atoms with Gasteiger partial charge in [0.2, 0.25) is 0 Å². The van der Waals surface area contributed by atoms with E-state index in [9.17, 15) is 0 Å². The number of nitrogens with zero attached hydrogens (tertiary/aromatic N) is 1. The van der Waals surface area contributed by atoms with Gasteiger partial charge in [0.25, 0.3) is 0 Å². The van der Waals surface area contributed by atoms with Crippen LogP contribution in [0.4, 0.5) is 0 Å². The molecule has 0 bridgehead atoms. The lowest BCUT2D eigenvalue weighted by Gasteiger charge is -1.98. The number of halogens is 1. The van der Waals surface area contributed by atoms with E-state index in [2.05, 4.69) is 5.16 Å². The minimum Gasteiger partial charge on any atom is -0.360 e. The van der Waals surface area contributed by atoms with E-state index in [1.165, 1.54) is 4.90 Å². The van der Waals surface area contributed by atoms with Crippen molar-refractivity contribution in [1.82, 2.24) is 5.16 Å². The Labute approximate surface area is 97.6 Å². The van der Waals surface area contributed by atoms with Crippen molar-refractivity contribution >= 4 is 23.4 Å². The lowest BCUT2D eigenvalue weighted by atomic mass is 10.4. The average molecular weight is 240 g/mol. The second kappa shape index (κ2) is 4.73. The van der Waals surface area contributed by atoms with E-state index in [4.69, 9.17) is 16.1 Å². The van der Waals surface area contributed by atoms with Crippen molar-refractivity contribution in [3.63, 3.8) is 0 Å². The highest BCUT2D eigenvalue weighted by molar-refractivity contribution is 7.98. The second-order valence-corrected chi connectivity index (χ2v) is 4.66. The van der Waals surface area contributed by atoms with Crippen molar-refractivity contribution in [2.75, 3.05) is 0 Å². The van der Waals surface area contributed by atoms with Crippen molar-refractivity contribution in [3.05, 3.63) is 46.8 Å². The van der Waals surface area contributed by atoms with Crippen LogP contribution < -0.4 is 0 Å². The molecular weight excluding hydrogens is 230 g/mol. The van der Waals surface area contributed by atoms with Crippen LogP contribution in [-0.4, -0.2) is 5.16 Å². The van der Waals surface area contributed by atoms with Gasteiger partial charge in [-0.1, -0.05) is 16.8 Å². The molecule has 0 spiro atoms. The largest absolute Gasteiger partial charge is 0.360 e. The summed E-state index contributed by atoms with van der Waals surface area (Å²) in [5.41, 5.74) is 0.918. The minimum atomic E-state index is 0.759. The Hall–Kier alpha value is -0.930. The van der Waals surface area contributed by atoms with E-state index in [-0.39, 0.29) is 0 Å². The molecule has 0 saturated heterocycles. The fourth-order valence-electron chi connectivity index (χ4n) is 1.17. The molecule has 0 fully saturated rings. The number of thioether (sulfide) groups is 1. The number of aromatic nitrogens is 1. The molecular formula is C11H10ClNOS. The number of aryl methyl sites for hydroxylation is 1. The van der Waals surface area contributed by atoms with Crippen molar-refractivity contribution < 1.29 is 4.52 Å². The third-order valence-corrected chi connectivity index (χ3v) is 3.16. The molecule has 1 aromatic heterocycles. The Balaban J connectivity index is 1.96. The molecule has 4 heteroatoms. The van der Waals surface area contributed by atoms with Gasteiger partial charge in [0.15, 0.2) is 0 Å². The molecule has 0 aliphatic carbocycles. The van der Waals surface area contributed by atoms with Crippen molar-refractivity contribution in [1.29, 1.82) is 0 Å². The monoisotopic (exact) mass is 239 g/mol. The molecule has 0 saturated carbocycles. The zero-order valence-corrected chi connectivity index (χ0v) is 9.81. The van der Waals surface area contributed by atoms with Crippen molar-refractivity contribution in [2.24, 2.45) is 0 Å². The highest BCUT2D eigenvalue weighted by atomic mass is 35.5. The maximum atomic E-state index is 5.79. The Morgan fingerprint density at radius 3 is 2.67 bits per heavy atom. The molecule has 0 aliphatic rings. The summed E-state index contributed by atoms with van der Waals surface area (Å²) in [5.74, 6) is 1.69. The zero-order valence-electron chi connectivity index (χ0n) is 8.24. The van der Waals surface area contributed by atoms with E-state index in [0.717, 1.165) is 22.2 Å². The number of benzene rings is 1. The molecule has 0 atom stereocenters. The second-order valence-electron chi connectivity index (χ2n) is 3.18. The third-order valence-electron chi connectivity index (χ3n) is 1.87. The van der Waals surface area contributed by atoms with Gasteiger partial charge in [0, 0.05) is 16.0 Å². The Morgan fingerprint density at radius 2 is 2.07 bits per heavy atom. The molecule has 78 valence electrons. The molecule has 0 amide bonds. The Bertz CT molecular complexity index is 438. The molecule has 0 N–H and O–H groups in total. The molecule has 0 unspecified atom stereocenters. The normalized spacial score (nSPS) is 10.5. The van der Waals surface area contributed by atoms with Crippen molar-refractivity contribution in [3.8, 4) is 0 Å². The van der Waals surface area contributed by atoms with E-state index in [1.54, 1.807) is 11.8 Å². The quantitative estimate of drug-likeness (QED) is 0.759. The maximum absolute atomic E-state index is 5.79. The first kappa shape index (κ1) is 10.6. The summed E-state index contributed by atoms with van der Waals surface area (Å²) in [6, 6.07) is 9.71. The van der Waals surface area contributed by atoms with Gasteiger partial charge in [-0.25, -0.2) is 0 Å². The van der Waals surface area contributed by atoms with Crippen LogP contribution in [0.1, 0.15) is 11.5 Å². The maximum Gasteiger partial charge on any atom is 0.147 e. The number of rotatable bonds is 3. The molecule has 1 aromatic carbocycles. The Morgan fingerprint density at radius 1 is 1.33 bits per heavy atom. The Kier molecular flexibility index (Phi) is 3.34. The predicted molar refractivity (Wildman–Crippen MR) is 62.3 cm³/mol. The molecule has 2 aromatic rings. The van der Waals surface area contributed by atoms with Gasteiger partial charge in [-0.3, -0.25) is 0 Å². The molecule has 0 aliphatic heterocycles. The first-order chi connectivity index (χ1) is 7.24. The summed E-state index contributed by atoms with van der Waals surface area (Å²) in [7, 11) is 0. The van der Waals surface area contributed by atoms with Crippen LogP contribution in [0.2, 0.25) is 5.02 Å². The van der Waals surface area contributed by atoms with E-state index in [1.807, 2.05) is 37.3 Å². The van der Waals surface area contributed by atoms with Crippen LogP contribution >= 0.6 is 23.4 Å². The van der Waals surface area contributed by atoms with Gasteiger partial charge in [-0.15, -0.1) is 11.8 Å². The topological polar surface area (TPSA) is 26.0 Å². The SMILES string of the molecule is Cc1cc(CSc2ccc(Cl)cc2)on1. The smallest absolute Gasteiger partial charge is 0.147 e. The van der Waals surface area contributed by atoms with Gasteiger partial charge in [0.05, 0.1) is 11.4 Å². The number of hydrogen-bond acceptors (Lipinski definition) is 3. The molecule has 0 radical (unpaired) electrons. The summed E-state index contributed by atoms with van der Waals surface area (Å²) in [6.07, 6.45) is 0. The highest BCUT2D eigenvalue weighted by Crippen LogP contribution is 2.24. The fraction of sp³-hybridized carbons (Fsp3) is 0.182. The van der Waals surface area contributed by atoms with Gasteiger partial charge in [-0.05, 0) is 31.2 Å². The van der Waals surface area contributed by atoms with Crippen LogP contribution in [0.3, 0.4) is 0 Å². The van der Waals surface area contributed by atoms with Gasteiger partial charge in [-0.2, -0.15) is 0 Å². The molecule has 2 nitrogen and oxygen atoms in total. The van der Waals surface area contributed by atoms with Gasteiger partial charge in [0.1, 0.15) is 5.76 Å². The lowest BCUT2D eigenvalue weighted by Crippen LogP contribution is -1.75. The first-order valence-electron chi connectivity index (χ1n) is 4.54. The number of hydrogen-bond donors (Lipinski definition) is 0. The van der Waals surface area contributed by atoms with Crippen LogP contribution in [0.15, 0.2) is 39.8 Å². The summed E-state index contributed by atoms with van der Waals surface area (Å²) < 4.78 is 5.11. The van der Waals surface area contributed by atoms with E-state index in [0.29, 0.717) is 0 Å².